The van der Waals surface area contributed by atoms with Gasteiger partial charge in [-0.15, -0.1) is 0 Å². The van der Waals surface area contributed by atoms with Gasteiger partial charge in [0.1, 0.15) is 18.5 Å². The lowest BCUT2D eigenvalue weighted by Crippen LogP contribution is -2.37. The van der Waals surface area contributed by atoms with Crippen LogP contribution in [0.3, 0.4) is 0 Å². The first-order chi connectivity index (χ1) is 12.1. The molecule has 1 N–H and O–H groups in total. The molecule has 4 heteroatoms. The lowest BCUT2D eigenvalue weighted by molar-refractivity contribution is 0.138. The van der Waals surface area contributed by atoms with Crippen LogP contribution in [0.1, 0.15) is 38.2 Å². The molecule has 2 aromatic carbocycles. The molecule has 4 nitrogen and oxygen atoms in total. The third-order valence-electron chi connectivity index (χ3n) is 6.28. The van der Waals surface area contributed by atoms with Crippen molar-refractivity contribution in [2.24, 2.45) is 11.8 Å². The molecule has 0 spiro atoms. The number of benzene rings is 2. The zero-order valence-corrected chi connectivity index (χ0v) is 14.5. The number of alkyl carbamates (subject to hydrolysis) is 1. The fourth-order valence-corrected chi connectivity index (χ4v) is 4.81. The number of carbonyl (C=O) groups excluding carboxylic acids is 1. The minimum absolute atomic E-state index is 0.350. The van der Waals surface area contributed by atoms with E-state index < -0.39 is 5.54 Å². The van der Waals surface area contributed by atoms with Gasteiger partial charge < -0.3 is 14.8 Å². The Labute approximate surface area is 147 Å². The molecule has 3 fully saturated rings. The summed E-state index contributed by atoms with van der Waals surface area (Å²) in [6.45, 7) is 2.36. The Bertz CT molecular complexity index is 848. The highest BCUT2D eigenvalue weighted by Gasteiger charge is 2.41. The maximum absolute atomic E-state index is 11.4. The van der Waals surface area contributed by atoms with Gasteiger partial charge in [-0.2, -0.15) is 0 Å². The minimum Gasteiger partial charge on any atom is -0.490 e. The lowest BCUT2D eigenvalue weighted by Gasteiger charge is -2.24. The van der Waals surface area contributed by atoms with Crippen LogP contribution < -0.4 is 10.1 Å². The Balaban J connectivity index is 1.40. The summed E-state index contributed by atoms with van der Waals surface area (Å²) < 4.78 is 11.4. The van der Waals surface area contributed by atoms with E-state index in [9.17, 15) is 4.79 Å². The standard InChI is InChI=1S/C21H23NO3/c1-21(12-24-20(23)22-21)17-6-4-15-11-18(7-5-14(15)10-17)25-19-9-13-2-3-16(19)8-13/h4-7,10-11,13,16,19H,2-3,8-9,12H2,1H3,(H,22,23)/t13-,16+,19?,21?/m1/s1. The van der Waals surface area contributed by atoms with Gasteiger partial charge >= 0.3 is 6.09 Å². The Morgan fingerprint density at radius 2 is 1.96 bits per heavy atom. The number of cyclic esters (lactones) is 1. The number of nitrogens with one attached hydrogen (secondary N) is 1. The number of rotatable bonds is 3. The van der Waals surface area contributed by atoms with Gasteiger partial charge in [0, 0.05) is 0 Å². The van der Waals surface area contributed by atoms with E-state index >= 15 is 0 Å². The number of fused-ring (bicyclic) bond motifs is 3. The zero-order chi connectivity index (χ0) is 17.0. The van der Waals surface area contributed by atoms with E-state index in [4.69, 9.17) is 9.47 Å². The predicted octanol–water partition coefficient (Wildman–Crippen LogP) is 4.36. The van der Waals surface area contributed by atoms with Crippen molar-refractivity contribution in [3.05, 3.63) is 42.0 Å². The fraction of sp³-hybridized carbons (Fsp3) is 0.476. The quantitative estimate of drug-likeness (QED) is 0.905. The summed E-state index contributed by atoms with van der Waals surface area (Å²) in [7, 11) is 0. The normalized spacial score (nSPS) is 33.5. The summed E-state index contributed by atoms with van der Waals surface area (Å²) in [5.74, 6) is 2.62. The molecule has 5 rings (SSSR count). The molecule has 1 heterocycles. The van der Waals surface area contributed by atoms with Gasteiger partial charge in [-0.25, -0.2) is 4.79 Å². The van der Waals surface area contributed by atoms with Gasteiger partial charge in [-0.3, -0.25) is 0 Å². The van der Waals surface area contributed by atoms with Crippen molar-refractivity contribution in [2.45, 2.75) is 44.2 Å². The second-order valence-corrected chi connectivity index (χ2v) is 8.09. The smallest absolute Gasteiger partial charge is 0.408 e. The summed E-state index contributed by atoms with van der Waals surface area (Å²) in [4.78, 5) is 11.4. The van der Waals surface area contributed by atoms with Crippen molar-refractivity contribution < 1.29 is 14.3 Å². The number of hydrogen-bond acceptors (Lipinski definition) is 3. The van der Waals surface area contributed by atoms with Crippen LogP contribution in [0.25, 0.3) is 10.8 Å². The van der Waals surface area contributed by atoms with Crippen LogP contribution in [0.5, 0.6) is 5.75 Å². The molecule has 2 aromatic rings. The van der Waals surface area contributed by atoms with Crippen LogP contribution in [0.4, 0.5) is 4.79 Å². The minimum atomic E-state index is -0.455. The van der Waals surface area contributed by atoms with Crippen molar-refractivity contribution in [3.8, 4) is 5.75 Å². The molecule has 0 aromatic heterocycles. The van der Waals surface area contributed by atoms with Crippen LogP contribution >= 0.6 is 0 Å². The second kappa shape index (κ2) is 5.38. The van der Waals surface area contributed by atoms with E-state index in [2.05, 4.69) is 41.7 Å². The third-order valence-corrected chi connectivity index (χ3v) is 6.28. The lowest BCUT2D eigenvalue weighted by atomic mass is 9.91. The van der Waals surface area contributed by atoms with Crippen LogP contribution in [-0.4, -0.2) is 18.8 Å². The van der Waals surface area contributed by atoms with Gasteiger partial charge in [-0.1, -0.05) is 18.2 Å². The maximum atomic E-state index is 11.4. The summed E-state index contributed by atoms with van der Waals surface area (Å²) in [5.41, 5.74) is 0.608. The van der Waals surface area contributed by atoms with Crippen molar-refractivity contribution in [3.63, 3.8) is 0 Å². The molecule has 25 heavy (non-hydrogen) atoms. The molecule has 2 unspecified atom stereocenters. The molecule has 1 aliphatic heterocycles. The molecule has 2 aliphatic carbocycles. The second-order valence-electron chi connectivity index (χ2n) is 8.09. The highest BCUT2D eigenvalue weighted by Crippen LogP contribution is 2.46. The number of amides is 1. The third kappa shape index (κ3) is 2.55. The van der Waals surface area contributed by atoms with Crippen molar-refractivity contribution >= 4 is 16.9 Å². The molecule has 1 saturated heterocycles. The van der Waals surface area contributed by atoms with E-state index in [0.717, 1.165) is 28.5 Å². The average molecular weight is 337 g/mol. The van der Waals surface area contributed by atoms with Gasteiger partial charge in [0.25, 0.3) is 0 Å². The molecular formula is C21H23NO3. The molecule has 2 bridgehead atoms. The number of carbonyl (C=O) groups is 1. The summed E-state index contributed by atoms with van der Waals surface area (Å²) >= 11 is 0. The number of ether oxygens (including phenoxy) is 2. The largest absolute Gasteiger partial charge is 0.490 e. The Morgan fingerprint density at radius 1 is 1.12 bits per heavy atom. The molecule has 3 aliphatic rings. The summed E-state index contributed by atoms with van der Waals surface area (Å²) in [6, 6.07) is 12.6. The Hall–Kier alpha value is -2.23. The first-order valence-corrected chi connectivity index (χ1v) is 9.25. The first kappa shape index (κ1) is 15.1. The van der Waals surface area contributed by atoms with Gasteiger partial charge in [-0.05, 0) is 79.0 Å². The summed E-state index contributed by atoms with van der Waals surface area (Å²) in [5, 5.41) is 5.22. The molecule has 2 saturated carbocycles. The number of hydrogen-bond donors (Lipinski definition) is 1. The topological polar surface area (TPSA) is 47.6 Å². The maximum Gasteiger partial charge on any atom is 0.408 e. The van der Waals surface area contributed by atoms with E-state index in [1.807, 2.05) is 6.92 Å². The predicted molar refractivity (Wildman–Crippen MR) is 95.6 cm³/mol. The highest BCUT2D eigenvalue weighted by atomic mass is 16.6. The van der Waals surface area contributed by atoms with Gasteiger partial charge in [0.05, 0.1) is 5.54 Å². The van der Waals surface area contributed by atoms with Crippen LogP contribution in [-0.2, 0) is 10.3 Å². The Morgan fingerprint density at radius 3 is 2.68 bits per heavy atom. The molecule has 1 amide bonds. The summed E-state index contributed by atoms with van der Waals surface area (Å²) in [6.07, 6.45) is 5.36. The Kier molecular flexibility index (Phi) is 3.24. The van der Waals surface area contributed by atoms with E-state index in [1.54, 1.807) is 0 Å². The highest BCUT2D eigenvalue weighted by molar-refractivity contribution is 5.85. The monoisotopic (exact) mass is 337 g/mol. The van der Waals surface area contributed by atoms with E-state index in [1.165, 1.54) is 31.1 Å². The van der Waals surface area contributed by atoms with Gasteiger partial charge in [0.15, 0.2) is 0 Å². The SMILES string of the molecule is CC1(c2ccc3cc(OC4C[C@@H]5CC[C@H]4C5)ccc3c2)COC(=O)N1. The van der Waals surface area contributed by atoms with E-state index in [-0.39, 0.29) is 6.09 Å². The van der Waals surface area contributed by atoms with Crippen molar-refractivity contribution in [1.29, 1.82) is 0 Å². The zero-order valence-electron chi connectivity index (χ0n) is 14.5. The van der Waals surface area contributed by atoms with Crippen molar-refractivity contribution in [2.75, 3.05) is 6.61 Å². The van der Waals surface area contributed by atoms with Crippen molar-refractivity contribution in [1.82, 2.24) is 5.32 Å². The van der Waals surface area contributed by atoms with Crippen LogP contribution in [0.15, 0.2) is 36.4 Å². The van der Waals surface area contributed by atoms with Gasteiger partial charge in [0.2, 0.25) is 0 Å². The fourth-order valence-electron chi connectivity index (χ4n) is 4.81. The molecule has 130 valence electrons. The van der Waals surface area contributed by atoms with Crippen LogP contribution in [0, 0.1) is 11.8 Å². The van der Waals surface area contributed by atoms with Crippen LogP contribution in [0.2, 0.25) is 0 Å². The molecule has 0 radical (unpaired) electrons. The first-order valence-electron chi connectivity index (χ1n) is 9.25. The molecule has 4 atom stereocenters. The van der Waals surface area contributed by atoms with E-state index in [0.29, 0.717) is 12.7 Å². The molecular weight excluding hydrogens is 314 g/mol. The average Bonchev–Trinajstić information content (AvgIpc) is 3.31.